The van der Waals surface area contributed by atoms with Gasteiger partial charge in [0.05, 0.1) is 36.9 Å². The van der Waals surface area contributed by atoms with Gasteiger partial charge in [0.25, 0.3) is 0 Å². The molecule has 53 heavy (non-hydrogen) atoms. The van der Waals surface area contributed by atoms with Crippen molar-refractivity contribution in [2.45, 2.75) is 70.6 Å². The van der Waals surface area contributed by atoms with Crippen molar-refractivity contribution in [3.63, 3.8) is 0 Å². The number of alkyl carbamates (subject to hydrolysis) is 1. The van der Waals surface area contributed by atoms with Crippen LogP contribution in [0, 0.1) is 16.7 Å². The summed E-state index contributed by atoms with van der Waals surface area (Å²) < 4.78 is 11.9. The van der Waals surface area contributed by atoms with Crippen molar-refractivity contribution in [2.24, 2.45) is 5.41 Å². The van der Waals surface area contributed by atoms with Gasteiger partial charge in [-0.15, -0.1) is 0 Å². The molecule has 12 nitrogen and oxygen atoms in total. The number of ether oxygens (including phenoxy) is 2. The van der Waals surface area contributed by atoms with E-state index in [-0.39, 0.29) is 24.4 Å². The summed E-state index contributed by atoms with van der Waals surface area (Å²) in [5.74, 6) is 0.722. The third-order valence-corrected chi connectivity index (χ3v) is 10.6. The molecule has 1 aromatic heterocycles. The molecule has 2 amide bonds. The smallest absolute Gasteiger partial charge is 0.407 e. The number of aromatic nitrogens is 2. The summed E-state index contributed by atoms with van der Waals surface area (Å²) in [6, 6.07) is 27.0. The van der Waals surface area contributed by atoms with Crippen molar-refractivity contribution >= 4 is 34.5 Å². The lowest BCUT2D eigenvalue weighted by molar-refractivity contribution is 0.0508. The van der Waals surface area contributed by atoms with Crippen LogP contribution in [0.1, 0.15) is 56.9 Å². The number of hydrogen-bond donors (Lipinski definition) is 2. The van der Waals surface area contributed by atoms with Gasteiger partial charge in [-0.25, -0.2) is 9.59 Å². The van der Waals surface area contributed by atoms with E-state index in [1.807, 2.05) is 57.2 Å². The molecular weight excluding hydrogens is 670 g/mol. The minimum atomic E-state index is -1.04. The van der Waals surface area contributed by atoms with E-state index in [9.17, 15) is 20.0 Å². The van der Waals surface area contributed by atoms with Crippen LogP contribution in [0.5, 0.6) is 6.01 Å². The second kappa shape index (κ2) is 14.5. The molecule has 0 unspecified atom stereocenters. The molecule has 7 rings (SSSR count). The first-order valence-corrected chi connectivity index (χ1v) is 18.4. The number of rotatable bonds is 10. The second-order valence-electron chi connectivity index (χ2n) is 15.6. The van der Waals surface area contributed by atoms with E-state index < -0.39 is 23.3 Å². The van der Waals surface area contributed by atoms with Crippen LogP contribution in [0.15, 0.2) is 72.8 Å². The Morgan fingerprint density at radius 1 is 0.962 bits per heavy atom. The van der Waals surface area contributed by atoms with Crippen LogP contribution in [0.4, 0.5) is 21.1 Å². The lowest BCUT2D eigenvalue weighted by atomic mass is 9.83. The van der Waals surface area contributed by atoms with Crippen LogP contribution in [0.25, 0.3) is 10.8 Å². The van der Waals surface area contributed by atoms with Crippen LogP contribution in [0.2, 0.25) is 0 Å². The first-order chi connectivity index (χ1) is 25.5. The summed E-state index contributed by atoms with van der Waals surface area (Å²) in [7, 11) is 0. The molecule has 1 aliphatic carbocycles. The van der Waals surface area contributed by atoms with Gasteiger partial charge in [-0.2, -0.15) is 15.2 Å². The number of hydrogen-bond acceptors (Lipinski definition) is 9. The first-order valence-electron chi connectivity index (χ1n) is 18.4. The summed E-state index contributed by atoms with van der Waals surface area (Å²) in [5, 5.41) is 25.7. The van der Waals surface area contributed by atoms with Gasteiger partial charge in [-0.3, -0.25) is 4.90 Å². The quantitative estimate of drug-likeness (QED) is 0.185. The van der Waals surface area contributed by atoms with Gasteiger partial charge in [0.15, 0.2) is 0 Å². The van der Waals surface area contributed by atoms with Crippen LogP contribution in [-0.2, 0) is 24.1 Å². The zero-order valence-electron chi connectivity index (χ0n) is 30.7. The highest BCUT2D eigenvalue weighted by atomic mass is 16.6. The standard InChI is InChI=1S/C41H47N7O5/c1-39(2,3)53-37(49)43-26-40(17-18-40)28-52-36-44-33-25-46(34-15-9-13-30-12-7-8-14-31(30)34)21-16-32(33)35(45-36)47-22-23-48(38(50)51)41(27-47,19-20-42)24-29-10-5-4-6-11-29/h4-15H,16-19,21-28H2,1-3H3,(H,43,49)(H,50,51)/t41-/m1/s1. The molecule has 0 bridgehead atoms. The summed E-state index contributed by atoms with van der Waals surface area (Å²) in [6.07, 6.45) is 1.39. The maximum absolute atomic E-state index is 12.7. The van der Waals surface area contributed by atoms with Crippen molar-refractivity contribution in [2.75, 3.05) is 49.1 Å². The Labute approximate surface area is 310 Å². The van der Waals surface area contributed by atoms with Crippen molar-refractivity contribution in [1.82, 2.24) is 20.2 Å². The number of amides is 2. The SMILES string of the molecule is CC(C)(C)OC(=O)NCC1(COc2nc3c(c(N4CCN(C(=O)O)[C@](CC#N)(Cc5ccccc5)C4)n2)CCN(c2cccc4ccccc24)C3)CC1. The molecule has 3 heterocycles. The zero-order chi connectivity index (χ0) is 37.2. The number of benzene rings is 3. The predicted molar refractivity (Wildman–Crippen MR) is 202 cm³/mol. The molecule has 12 heteroatoms. The molecule has 276 valence electrons. The molecule has 2 aliphatic heterocycles. The molecule has 3 aliphatic rings. The van der Waals surface area contributed by atoms with Gasteiger partial charge in [0.2, 0.25) is 0 Å². The number of anilines is 2. The number of piperazine rings is 1. The molecule has 1 saturated carbocycles. The van der Waals surface area contributed by atoms with Crippen LogP contribution < -0.4 is 19.9 Å². The molecule has 3 aromatic carbocycles. The Morgan fingerprint density at radius 2 is 1.72 bits per heavy atom. The molecule has 2 fully saturated rings. The highest BCUT2D eigenvalue weighted by molar-refractivity contribution is 5.94. The van der Waals surface area contributed by atoms with E-state index in [4.69, 9.17) is 19.4 Å². The monoisotopic (exact) mass is 717 g/mol. The number of nitrogens with zero attached hydrogens (tertiary/aromatic N) is 6. The van der Waals surface area contributed by atoms with Gasteiger partial charge in [0, 0.05) is 54.8 Å². The van der Waals surface area contributed by atoms with E-state index in [0.29, 0.717) is 45.6 Å². The lowest BCUT2D eigenvalue weighted by Gasteiger charge is -2.49. The number of carbonyl (C=O) groups is 2. The molecule has 1 atom stereocenters. The van der Waals surface area contributed by atoms with Gasteiger partial charge in [-0.05, 0) is 63.5 Å². The fraction of sp³-hybridized carbons (Fsp3) is 0.439. The first kappa shape index (κ1) is 35.8. The Hall–Kier alpha value is -5.57. The largest absolute Gasteiger partial charge is 0.465 e. The van der Waals surface area contributed by atoms with Gasteiger partial charge >= 0.3 is 18.2 Å². The van der Waals surface area contributed by atoms with Crippen LogP contribution in [-0.4, -0.2) is 82.6 Å². The molecular formula is C41H47N7O5. The third kappa shape index (κ3) is 7.94. The molecule has 2 N–H and O–H groups in total. The Balaban J connectivity index is 1.21. The maximum Gasteiger partial charge on any atom is 0.407 e. The van der Waals surface area contributed by atoms with Crippen LogP contribution >= 0.6 is 0 Å². The van der Waals surface area contributed by atoms with E-state index in [1.54, 1.807) is 0 Å². The predicted octanol–water partition coefficient (Wildman–Crippen LogP) is 6.57. The number of nitriles is 1. The zero-order valence-corrected chi connectivity index (χ0v) is 30.7. The minimum Gasteiger partial charge on any atom is -0.465 e. The maximum atomic E-state index is 12.7. The number of carboxylic acid groups (broad SMARTS) is 1. The van der Waals surface area contributed by atoms with E-state index in [1.165, 1.54) is 15.7 Å². The highest BCUT2D eigenvalue weighted by Gasteiger charge is 2.47. The van der Waals surface area contributed by atoms with Crippen molar-refractivity contribution in [1.29, 1.82) is 5.26 Å². The lowest BCUT2D eigenvalue weighted by Crippen LogP contribution is -2.65. The number of carbonyl (C=O) groups excluding carboxylic acids is 1. The van der Waals surface area contributed by atoms with Crippen molar-refractivity contribution in [3.8, 4) is 12.1 Å². The summed E-state index contributed by atoms with van der Waals surface area (Å²) >= 11 is 0. The number of nitrogens with one attached hydrogen (secondary N) is 1. The third-order valence-electron chi connectivity index (χ3n) is 10.6. The molecule has 0 spiro atoms. The van der Waals surface area contributed by atoms with Gasteiger partial charge in [0.1, 0.15) is 11.4 Å². The van der Waals surface area contributed by atoms with E-state index in [2.05, 4.69) is 57.6 Å². The van der Waals surface area contributed by atoms with Gasteiger partial charge in [-0.1, -0.05) is 66.7 Å². The topological polar surface area (TPSA) is 144 Å². The average Bonchev–Trinajstić information content (AvgIpc) is 3.92. The van der Waals surface area contributed by atoms with E-state index >= 15 is 0 Å². The Bertz CT molecular complexity index is 2020. The van der Waals surface area contributed by atoms with Crippen molar-refractivity contribution in [3.05, 3.63) is 89.6 Å². The fourth-order valence-corrected chi connectivity index (χ4v) is 7.69. The van der Waals surface area contributed by atoms with Crippen LogP contribution in [0.3, 0.4) is 0 Å². The summed E-state index contributed by atoms with van der Waals surface area (Å²) in [5.41, 5.74) is 2.14. The molecule has 1 saturated heterocycles. The molecule has 0 radical (unpaired) electrons. The Kier molecular flexibility index (Phi) is 9.77. The minimum absolute atomic E-state index is 0.0311. The summed E-state index contributed by atoms with van der Waals surface area (Å²) in [4.78, 5) is 41.1. The normalized spacial score (nSPS) is 19.2. The Morgan fingerprint density at radius 3 is 2.45 bits per heavy atom. The fourth-order valence-electron chi connectivity index (χ4n) is 7.69. The summed E-state index contributed by atoms with van der Waals surface area (Å²) in [6.45, 7) is 8.47. The highest BCUT2D eigenvalue weighted by Crippen LogP contribution is 2.45. The average molecular weight is 718 g/mol. The van der Waals surface area contributed by atoms with Gasteiger partial charge < -0.3 is 29.7 Å². The molecule has 4 aromatic rings. The second-order valence-corrected chi connectivity index (χ2v) is 15.6. The van der Waals surface area contributed by atoms with Crippen molar-refractivity contribution < 1.29 is 24.2 Å². The number of fused-ring (bicyclic) bond motifs is 2. The van der Waals surface area contributed by atoms with E-state index in [0.717, 1.165) is 47.7 Å².